The summed E-state index contributed by atoms with van der Waals surface area (Å²) in [6.07, 6.45) is 68.3. The van der Waals surface area contributed by atoms with Gasteiger partial charge in [0.2, 0.25) is 5.91 Å². The second-order valence-corrected chi connectivity index (χ2v) is 19.4. The van der Waals surface area contributed by atoms with E-state index in [0.717, 1.165) is 51.9 Å². The summed E-state index contributed by atoms with van der Waals surface area (Å²) < 4.78 is 0. The van der Waals surface area contributed by atoms with Crippen LogP contribution >= 0.6 is 0 Å². The number of hydrogen-bond donors (Lipinski definition) is 2. The first-order valence-corrected chi connectivity index (χ1v) is 28.8. The largest absolute Gasteiger partial charge is 0.481 e. The average molecular weight is 911 g/mol. The molecule has 1 rings (SSSR count). The van der Waals surface area contributed by atoms with E-state index >= 15 is 0 Å². The molecule has 0 aromatic carbocycles. The Morgan fingerprint density at radius 1 is 0.462 bits per heavy atom. The molecule has 1 aliphatic heterocycles. The van der Waals surface area contributed by atoms with Crippen LogP contribution < -0.4 is 5.32 Å². The molecular weight excluding hydrogens is 799 g/mol. The fourth-order valence-corrected chi connectivity index (χ4v) is 8.66. The lowest BCUT2D eigenvalue weighted by Gasteiger charge is -2.20. The first-order chi connectivity index (χ1) is 32.0. The fourth-order valence-electron chi connectivity index (χ4n) is 8.66. The maximum absolute atomic E-state index is 12.3. The predicted octanol–water partition coefficient (Wildman–Crippen LogP) is 18.4. The third-order valence-corrected chi connectivity index (χ3v) is 13.0. The van der Waals surface area contributed by atoms with Crippen molar-refractivity contribution in [2.75, 3.05) is 26.2 Å². The van der Waals surface area contributed by atoms with Gasteiger partial charge in [-0.15, -0.1) is 0 Å². The van der Waals surface area contributed by atoms with E-state index in [1.807, 2.05) is 0 Å². The number of unbranched alkanes of at least 4 members (excludes halogenated alkanes) is 34. The van der Waals surface area contributed by atoms with Gasteiger partial charge in [-0.2, -0.15) is 0 Å². The summed E-state index contributed by atoms with van der Waals surface area (Å²) >= 11 is 0. The molecule has 65 heavy (non-hydrogen) atoms. The molecule has 0 saturated heterocycles. The van der Waals surface area contributed by atoms with Gasteiger partial charge in [0.1, 0.15) is 0 Å². The highest BCUT2D eigenvalue weighted by Gasteiger charge is 2.16. The maximum Gasteiger partial charge on any atom is 0.303 e. The number of amides is 1. The van der Waals surface area contributed by atoms with E-state index in [0.29, 0.717) is 12.8 Å². The molecule has 0 atom stereocenters. The Morgan fingerprint density at radius 2 is 0.785 bits per heavy atom. The van der Waals surface area contributed by atoms with Crippen LogP contribution in [0.15, 0.2) is 41.4 Å². The van der Waals surface area contributed by atoms with Crippen LogP contribution in [0.5, 0.6) is 0 Å². The summed E-state index contributed by atoms with van der Waals surface area (Å²) in [6, 6.07) is 0. The molecule has 1 aliphatic rings. The number of rotatable bonds is 49. The zero-order valence-corrected chi connectivity index (χ0v) is 43.9. The molecule has 380 valence electrons. The van der Waals surface area contributed by atoms with Crippen LogP contribution in [-0.4, -0.2) is 53.9 Å². The van der Waals surface area contributed by atoms with Crippen LogP contribution in [-0.2, 0) is 9.59 Å². The minimum Gasteiger partial charge on any atom is -0.481 e. The molecule has 0 radical (unpaired) electrons. The molecule has 0 aliphatic carbocycles. The summed E-state index contributed by atoms with van der Waals surface area (Å²) in [4.78, 5) is 29.8. The number of aliphatic carboxylic acids is 1. The third-order valence-electron chi connectivity index (χ3n) is 13.0. The first kappa shape index (κ1) is 62.6. The minimum atomic E-state index is -0.664. The van der Waals surface area contributed by atoms with Gasteiger partial charge in [0.15, 0.2) is 0 Å². The Kier molecular flexibility index (Phi) is 52.3. The van der Waals surface area contributed by atoms with Crippen molar-refractivity contribution in [1.82, 2.24) is 10.2 Å². The fraction of sp³-hybridized carbons (Fsp3) is 0.847. The molecule has 6 nitrogen and oxygen atoms in total. The van der Waals surface area contributed by atoms with Crippen molar-refractivity contribution in [2.24, 2.45) is 4.99 Å². The lowest BCUT2D eigenvalue weighted by Crippen LogP contribution is -2.36. The normalized spacial score (nSPS) is 12.8. The van der Waals surface area contributed by atoms with Gasteiger partial charge < -0.3 is 15.3 Å². The van der Waals surface area contributed by atoms with Crippen molar-refractivity contribution >= 4 is 17.7 Å². The van der Waals surface area contributed by atoms with Crippen molar-refractivity contribution in [3.8, 4) is 0 Å². The van der Waals surface area contributed by atoms with Crippen LogP contribution in [0.4, 0.5) is 0 Å². The van der Waals surface area contributed by atoms with E-state index in [4.69, 9.17) is 10.1 Å². The van der Waals surface area contributed by atoms with Crippen molar-refractivity contribution < 1.29 is 14.7 Å². The van der Waals surface area contributed by atoms with Gasteiger partial charge in [-0.1, -0.05) is 218 Å². The van der Waals surface area contributed by atoms with Crippen molar-refractivity contribution in [1.29, 1.82) is 0 Å². The summed E-state index contributed by atoms with van der Waals surface area (Å²) in [5.41, 5.74) is 0. The van der Waals surface area contributed by atoms with Gasteiger partial charge in [0.25, 0.3) is 0 Å². The maximum atomic E-state index is 12.3. The Bertz CT molecular complexity index is 1110. The van der Waals surface area contributed by atoms with E-state index in [9.17, 15) is 9.59 Å². The standard InChI is InChI=1S/C41H77N3O.C18H34O2/c1-3-5-7-9-11-13-15-17-19-21-22-24-26-28-30-32-34-40-42-36-38-44(40)39-37-43-41(45)35-33-31-29-27-25-23-20-18-16-14-12-10-8-6-4-2;1-2-3-4-5-6-7-8-9-10-11-12-13-14-15-16-17-18(19)20/h17-20H,3-16,21-39H2,1-2H3,(H,43,45);9-10H,2-8,11-17H2,1H3,(H,19,20)/b19-17-,20-18-;10-9-. The second-order valence-electron chi connectivity index (χ2n) is 19.4. The van der Waals surface area contributed by atoms with Crippen LogP contribution in [0.3, 0.4) is 0 Å². The first-order valence-electron chi connectivity index (χ1n) is 28.8. The van der Waals surface area contributed by atoms with E-state index in [-0.39, 0.29) is 5.91 Å². The summed E-state index contributed by atoms with van der Waals surface area (Å²) in [7, 11) is 0. The van der Waals surface area contributed by atoms with Crippen molar-refractivity contribution in [3.63, 3.8) is 0 Å². The molecule has 1 amide bonds. The topological polar surface area (TPSA) is 82.0 Å². The van der Waals surface area contributed by atoms with Gasteiger partial charge in [-0.3, -0.25) is 14.6 Å². The molecule has 2 N–H and O–H groups in total. The molecule has 1 heterocycles. The van der Waals surface area contributed by atoms with Crippen LogP contribution in [0.25, 0.3) is 0 Å². The van der Waals surface area contributed by atoms with Gasteiger partial charge in [-0.05, 0) is 96.3 Å². The number of allylic oxidation sites excluding steroid dienone is 6. The number of aliphatic imine (C=N–C) groups is 1. The SMILES string of the molecule is CCCCCCCC/C=C\CCCCCCCC(=O)O.CCCCCCCC/C=C\CCCCCCCCC1=NCCN1CCNC(=O)CCCCCCC/C=C\CCCCCCCC. The molecule has 6 heteroatoms. The quantitative estimate of drug-likeness (QED) is 0.0471. The molecule has 0 fully saturated rings. The molecule has 0 aromatic rings. The van der Waals surface area contributed by atoms with E-state index in [2.05, 4.69) is 67.4 Å². The Balaban J connectivity index is 0.00000171. The van der Waals surface area contributed by atoms with Gasteiger partial charge in [0, 0.05) is 38.9 Å². The van der Waals surface area contributed by atoms with Gasteiger partial charge in [0.05, 0.1) is 12.4 Å². The number of carbonyl (C=O) groups is 2. The van der Waals surface area contributed by atoms with E-state index in [1.54, 1.807) is 0 Å². The number of carbonyl (C=O) groups excluding carboxylic acids is 1. The number of hydrogen-bond acceptors (Lipinski definition) is 4. The molecule has 0 bridgehead atoms. The molecule has 0 saturated carbocycles. The smallest absolute Gasteiger partial charge is 0.303 e. The highest BCUT2D eigenvalue weighted by Crippen LogP contribution is 2.15. The summed E-state index contributed by atoms with van der Waals surface area (Å²) in [5.74, 6) is 0.832. The lowest BCUT2D eigenvalue weighted by molar-refractivity contribution is -0.137. The van der Waals surface area contributed by atoms with Crippen LogP contribution in [0.2, 0.25) is 0 Å². The summed E-state index contributed by atoms with van der Waals surface area (Å²) in [5, 5.41) is 11.7. The van der Waals surface area contributed by atoms with Crippen molar-refractivity contribution in [3.05, 3.63) is 36.5 Å². The Labute approximate surface area is 405 Å². The number of carboxylic acid groups (broad SMARTS) is 1. The zero-order chi connectivity index (χ0) is 47.2. The Hall–Kier alpha value is -2.37. The minimum absolute atomic E-state index is 0.221. The van der Waals surface area contributed by atoms with E-state index < -0.39 is 5.97 Å². The molecule has 0 unspecified atom stereocenters. The number of carboxylic acids is 1. The number of nitrogens with one attached hydrogen (secondary N) is 1. The monoisotopic (exact) mass is 910 g/mol. The van der Waals surface area contributed by atoms with Crippen LogP contribution in [0.1, 0.15) is 297 Å². The molecule has 0 aromatic heterocycles. The van der Waals surface area contributed by atoms with E-state index in [1.165, 1.54) is 243 Å². The molecule has 0 spiro atoms. The highest BCUT2D eigenvalue weighted by molar-refractivity contribution is 5.83. The highest BCUT2D eigenvalue weighted by atomic mass is 16.4. The number of amidine groups is 1. The zero-order valence-electron chi connectivity index (χ0n) is 43.9. The Morgan fingerprint density at radius 3 is 1.15 bits per heavy atom. The van der Waals surface area contributed by atoms with Crippen molar-refractivity contribution in [2.45, 2.75) is 297 Å². The second kappa shape index (κ2) is 54.2. The predicted molar refractivity (Wildman–Crippen MR) is 287 cm³/mol. The van der Waals surface area contributed by atoms with Crippen LogP contribution in [0, 0.1) is 0 Å². The third kappa shape index (κ3) is 50.9. The number of nitrogens with zero attached hydrogens (tertiary/aromatic N) is 2. The lowest BCUT2D eigenvalue weighted by atomic mass is 10.1. The average Bonchev–Trinajstić information content (AvgIpc) is 3.75. The van der Waals surface area contributed by atoms with Gasteiger partial charge >= 0.3 is 5.97 Å². The van der Waals surface area contributed by atoms with Gasteiger partial charge in [-0.25, -0.2) is 0 Å². The summed E-state index contributed by atoms with van der Waals surface area (Å²) in [6.45, 7) is 10.4. The molecular formula is C59H111N3O3.